The van der Waals surface area contributed by atoms with E-state index in [2.05, 4.69) is 24.5 Å². The number of hydrogen-bond donors (Lipinski definition) is 4. The maximum Gasteiger partial charge on any atom is 0.256 e. The molecule has 0 saturated carbocycles. The summed E-state index contributed by atoms with van der Waals surface area (Å²) in [7, 11) is 0. The largest absolute Gasteiger partial charge is 0.508 e. The molecule has 132 valence electrons. The molecule has 0 spiro atoms. The Morgan fingerprint density at radius 2 is 2.12 bits per heavy atom. The second kappa shape index (κ2) is 6.04. The number of phenolic OH excluding ortho intramolecular Hbond substituents is 1. The second-order valence-electron chi connectivity index (χ2n) is 7.31. The monoisotopic (exact) mass is 358 g/mol. The van der Waals surface area contributed by atoms with Crippen LogP contribution in [0.2, 0.25) is 0 Å². The topological polar surface area (TPSA) is 65.8 Å². The number of carbonyl (C=O) groups is 1. The highest BCUT2D eigenvalue weighted by Crippen LogP contribution is 2.40. The van der Waals surface area contributed by atoms with Crippen LogP contribution in [0.5, 0.6) is 5.75 Å². The van der Waals surface area contributed by atoms with Crippen LogP contribution in [0.1, 0.15) is 51.9 Å². The maximum atomic E-state index is 12.8. The molecule has 0 aliphatic carbocycles. The van der Waals surface area contributed by atoms with E-state index in [1.807, 2.05) is 19.1 Å². The van der Waals surface area contributed by atoms with Gasteiger partial charge in [-0.15, -0.1) is 11.3 Å². The Bertz CT molecular complexity index is 843. The minimum Gasteiger partial charge on any atom is -0.508 e. The third-order valence-corrected chi connectivity index (χ3v) is 6.43. The van der Waals surface area contributed by atoms with E-state index in [9.17, 15) is 9.90 Å². The van der Waals surface area contributed by atoms with Crippen molar-refractivity contribution < 1.29 is 14.8 Å². The predicted octanol–water partition coefficient (Wildman–Crippen LogP) is 1.97. The number of phenols is 1. The number of carbonyl (C=O) groups excluding carboxylic acids is 1. The molecule has 4 rings (SSSR count). The van der Waals surface area contributed by atoms with Crippen LogP contribution in [-0.4, -0.2) is 23.6 Å². The number of anilines is 1. The van der Waals surface area contributed by atoms with Gasteiger partial charge in [-0.05, 0) is 38.5 Å². The van der Waals surface area contributed by atoms with E-state index in [-0.39, 0.29) is 11.7 Å². The van der Waals surface area contributed by atoms with Crippen molar-refractivity contribution in [2.45, 2.75) is 45.9 Å². The Hall–Kier alpha value is -2.05. The maximum absolute atomic E-state index is 12.8. The first-order valence-electron chi connectivity index (χ1n) is 8.80. The number of hydrogen-bond acceptors (Lipinski definition) is 4. The van der Waals surface area contributed by atoms with Crippen molar-refractivity contribution in [3.05, 3.63) is 45.3 Å². The van der Waals surface area contributed by atoms with Crippen LogP contribution >= 0.6 is 11.3 Å². The standard InChI is InChI=1S/C19H23N3O2S/c1-10(2)22-7-6-12-15(9-22)25-19-16(12)18(24)20-17(21-19)13-8-11(3)4-5-14(13)23/h4-5,8,10,17,21,23H,6-7,9H2,1-3H3,(H,20,24)/p+1/t17-/m0/s1. The molecule has 0 saturated heterocycles. The third kappa shape index (κ3) is 2.79. The fraction of sp³-hybridized carbons (Fsp3) is 0.421. The lowest BCUT2D eigenvalue weighted by Crippen LogP contribution is -3.14. The minimum absolute atomic E-state index is 0.0369. The molecule has 5 nitrogen and oxygen atoms in total. The predicted molar refractivity (Wildman–Crippen MR) is 99.4 cm³/mol. The first-order chi connectivity index (χ1) is 11.9. The van der Waals surface area contributed by atoms with Gasteiger partial charge in [-0.3, -0.25) is 4.79 Å². The number of aromatic hydroxyl groups is 1. The number of nitrogens with one attached hydrogen (secondary N) is 3. The van der Waals surface area contributed by atoms with Crippen molar-refractivity contribution in [2.24, 2.45) is 0 Å². The van der Waals surface area contributed by atoms with E-state index in [1.165, 1.54) is 10.4 Å². The Morgan fingerprint density at radius 1 is 1.32 bits per heavy atom. The summed E-state index contributed by atoms with van der Waals surface area (Å²) in [6.07, 6.45) is 0.554. The highest BCUT2D eigenvalue weighted by molar-refractivity contribution is 7.16. The third-order valence-electron chi connectivity index (χ3n) is 5.26. The van der Waals surface area contributed by atoms with Gasteiger partial charge in [0, 0.05) is 12.0 Å². The van der Waals surface area contributed by atoms with E-state index in [1.54, 1.807) is 22.3 Å². The SMILES string of the molecule is Cc1ccc(O)c([C@H]2NC(=O)c3c(sc4c3CC[NH+](C(C)C)C4)N2)c1. The fourth-order valence-corrected chi connectivity index (χ4v) is 5.09. The summed E-state index contributed by atoms with van der Waals surface area (Å²) < 4.78 is 0. The smallest absolute Gasteiger partial charge is 0.256 e. The van der Waals surface area contributed by atoms with Crippen LogP contribution in [0.25, 0.3) is 0 Å². The Kier molecular flexibility index (Phi) is 3.96. The molecule has 0 bridgehead atoms. The van der Waals surface area contributed by atoms with Gasteiger partial charge < -0.3 is 20.6 Å². The number of benzene rings is 1. The molecule has 0 fully saturated rings. The van der Waals surface area contributed by atoms with Crippen molar-refractivity contribution in [1.82, 2.24) is 5.32 Å². The summed E-state index contributed by atoms with van der Waals surface area (Å²) in [6, 6.07) is 6.04. The van der Waals surface area contributed by atoms with Gasteiger partial charge in [0.1, 0.15) is 23.5 Å². The molecule has 1 unspecified atom stereocenters. The van der Waals surface area contributed by atoms with E-state index >= 15 is 0 Å². The average molecular weight is 358 g/mol. The number of aryl methyl sites for hydroxylation is 1. The van der Waals surface area contributed by atoms with Crippen LogP contribution < -0.4 is 15.5 Å². The van der Waals surface area contributed by atoms with Crippen LogP contribution in [0.4, 0.5) is 5.00 Å². The molecule has 1 aromatic carbocycles. The van der Waals surface area contributed by atoms with Gasteiger partial charge in [0.05, 0.1) is 23.0 Å². The Labute approximate surface area is 151 Å². The zero-order valence-corrected chi connectivity index (χ0v) is 15.6. The van der Waals surface area contributed by atoms with Gasteiger partial charge in [0.15, 0.2) is 0 Å². The molecule has 4 N–H and O–H groups in total. The quantitative estimate of drug-likeness (QED) is 0.664. The van der Waals surface area contributed by atoms with E-state index in [0.717, 1.165) is 35.6 Å². The van der Waals surface area contributed by atoms with Crippen molar-refractivity contribution in [2.75, 3.05) is 11.9 Å². The molecular weight excluding hydrogens is 334 g/mol. The number of fused-ring (bicyclic) bond motifs is 3. The molecule has 3 heterocycles. The van der Waals surface area contributed by atoms with Gasteiger partial charge in [-0.25, -0.2) is 0 Å². The number of rotatable bonds is 2. The van der Waals surface area contributed by atoms with Crippen molar-refractivity contribution in [1.29, 1.82) is 0 Å². The number of thiophene rings is 1. The average Bonchev–Trinajstić information content (AvgIpc) is 2.94. The Balaban J connectivity index is 1.68. The number of amides is 1. The zero-order valence-electron chi connectivity index (χ0n) is 14.8. The molecule has 1 aromatic heterocycles. The zero-order chi connectivity index (χ0) is 17.7. The normalized spacial score (nSPS) is 22.2. The lowest BCUT2D eigenvalue weighted by atomic mass is 9.99. The summed E-state index contributed by atoms with van der Waals surface area (Å²) in [5, 5.41) is 17.6. The van der Waals surface area contributed by atoms with Crippen LogP contribution in [0, 0.1) is 6.92 Å². The molecule has 1 amide bonds. The highest BCUT2D eigenvalue weighted by atomic mass is 32.1. The summed E-state index contributed by atoms with van der Waals surface area (Å²) in [5.74, 6) is 0.161. The van der Waals surface area contributed by atoms with E-state index in [0.29, 0.717) is 11.6 Å². The van der Waals surface area contributed by atoms with Crippen LogP contribution in [0.3, 0.4) is 0 Å². The van der Waals surface area contributed by atoms with Crippen molar-refractivity contribution in [3.8, 4) is 5.75 Å². The van der Waals surface area contributed by atoms with Gasteiger partial charge >= 0.3 is 0 Å². The molecule has 2 atom stereocenters. The van der Waals surface area contributed by atoms with Crippen LogP contribution in [0.15, 0.2) is 18.2 Å². The van der Waals surface area contributed by atoms with Gasteiger partial charge in [-0.2, -0.15) is 0 Å². The molecule has 6 heteroatoms. The summed E-state index contributed by atoms with van der Waals surface area (Å²) in [6.45, 7) is 8.53. The molecule has 2 aromatic rings. The van der Waals surface area contributed by atoms with Gasteiger partial charge in [0.2, 0.25) is 0 Å². The lowest BCUT2D eigenvalue weighted by Gasteiger charge is -2.29. The van der Waals surface area contributed by atoms with Gasteiger partial charge in [0.25, 0.3) is 5.91 Å². The Morgan fingerprint density at radius 3 is 2.88 bits per heavy atom. The lowest BCUT2D eigenvalue weighted by molar-refractivity contribution is -0.936. The highest BCUT2D eigenvalue weighted by Gasteiger charge is 2.35. The van der Waals surface area contributed by atoms with E-state index < -0.39 is 6.17 Å². The summed E-state index contributed by atoms with van der Waals surface area (Å²) >= 11 is 1.70. The van der Waals surface area contributed by atoms with E-state index in [4.69, 9.17) is 0 Å². The summed E-state index contributed by atoms with van der Waals surface area (Å²) in [4.78, 5) is 15.7. The first-order valence-corrected chi connectivity index (χ1v) is 9.61. The summed E-state index contributed by atoms with van der Waals surface area (Å²) in [5.41, 5.74) is 3.78. The molecule has 0 radical (unpaired) electrons. The number of quaternary nitrogens is 1. The van der Waals surface area contributed by atoms with Crippen molar-refractivity contribution >= 4 is 22.2 Å². The second-order valence-corrected chi connectivity index (χ2v) is 8.42. The van der Waals surface area contributed by atoms with Crippen LogP contribution in [-0.2, 0) is 13.0 Å². The fourth-order valence-electron chi connectivity index (χ4n) is 3.77. The molecule has 25 heavy (non-hydrogen) atoms. The molecule has 2 aliphatic heterocycles. The minimum atomic E-state index is -0.395. The first kappa shape index (κ1) is 16.4. The molecular formula is C19H24N3O2S+. The van der Waals surface area contributed by atoms with Gasteiger partial charge in [-0.1, -0.05) is 11.6 Å². The van der Waals surface area contributed by atoms with Crippen molar-refractivity contribution in [3.63, 3.8) is 0 Å². The molecule has 2 aliphatic rings.